The van der Waals surface area contributed by atoms with E-state index in [1.807, 2.05) is 72.8 Å². The van der Waals surface area contributed by atoms with Gasteiger partial charge in [0.2, 0.25) is 0 Å². The highest BCUT2D eigenvalue weighted by Gasteiger charge is 2.21. The molecule has 0 amide bonds. The first-order chi connectivity index (χ1) is 17.0. The number of benzene rings is 3. The number of aromatic nitrogens is 3. The Labute approximate surface area is 207 Å². The third-order valence-corrected chi connectivity index (χ3v) is 6.06. The first kappa shape index (κ1) is 22.6. The van der Waals surface area contributed by atoms with Gasteiger partial charge >= 0.3 is 5.97 Å². The van der Waals surface area contributed by atoms with Crippen LogP contribution in [-0.2, 0) is 11.4 Å². The molecule has 3 aromatic carbocycles. The summed E-state index contributed by atoms with van der Waals surface area (Å²) < 4.78 is 7.69. The van der Waals surface area contributed by atoms with E-state index in [9.17, 15) is 9.90 Å². The predicted molar refractivity (Wildman–Crippen MR) is 136 cm³/mol. The Morgan fingerprint density at radius 3 is 2.49 bits per heavy atom. The van der Waals surface area contributed by atoms with Crippen LogP contribution in [0.1, 0.15) is 24.2 Å². The largest absolute Gasteiger partial charge is 0.487 e. The Morgan fingerprint density at radius 2 is 1.74 bits per heavy atom. The molecule has 6 nitrogen and oxygen atoms in total. The first-order valence-corrected chi connectivity index (χ1v) is 11.5. The van der Waals surface area contributed by atoms with Gasteiger partial charge in [0.05, 0.1) is 34.2 Å². The van der Waals surface area contributed by atoms with Crippen molar-refractivity contribution in [2.45, 2.75) is 19.4 Å². The molecule has 0 aliphatic carbocycles. The van der Waals surface area contributed by atoms with Gasteiger partial charge in [0, 0.05) is 16.0 Å². The minimum atomic E-state index is -0.927. The van der Waals surface area contributed by atoms with E-state index in [2.05, 4.69) is 10.1 Å². The molecule has 0 bridgehead atoms. The van der Waals surface area contributed by atoms with Crippen molar-refractivity contribution in [1.82, 2.24) is 14.8 Å². The van der Waals surface area contributed by atoms with Crippen LogP contribution in [0.4, 0.5) is 0 Å². The van der Waals surface area contributed by atoms with Gasteiger partial charge in [0.1, 0.15) is 12.4 Å². The third kappa shape index (κ3) is 4.88. The highest BCUT2D eigenvalue weighted by atomic mass is 35.5. The summed E-state index contributed by atoms with van der Waals surface area (Å²) in [6.07, 6.45) is 0. The number of aliphatic carboxylic acids is 1. The lowest BCUT2D eigenvalue weighted by Crippen LogP contribution is -2.08. The number of pyridine rings is 1. The normalized spacial score (nSPS) is 11.9. The standard InChI is InChI=1S/C28H22ClN3O3/c1-18(28(33)34)26-16-27(20-6-9-21(29)10-7-20)32(31-26)23-12-14-24(15-13-23)35-17-22-11-8-19-4-2-3-5-25(19)30-22/h2-16,18H,17H2,1H3,(H,33,34). The highest BCUT2D eigenvalue weighted by Crippen LogP contribution is 2.29. The minimum Gasteiger partial charge on any atom is -0.487 e. The monoisotopic (exact) mass is 483 g/mol. The van der Waals surface area contributed by atoms with E-state index in [1.54, 1.807) is 29.8 Å². The van der Waals surface area contributed by atoms with E-state index in [0.717, 1.165) is 33.5 Å². The number of carboxylic acids is 1. The Bertz CT molecular complexity index is 1490. The number of fused-ring (bicyclic) bond motifs is 1. The molecule has 0 saturated heterocycles. The second-order valence-electron chi connectivity index (χ2n) is 8.21. The second-order valence-corrected chi connectivity index (χ2v) is 8.65. The molecule has 2 aromatic heterocycles. The lowest BCUT2D eigenvalue weighted by Gasteiger charge is -2.10. The smallest absolute Gasteiger partial charge is 0.312 e. The second kappa shape index (κ2) is 9.60. The zero-order chi connectivity index (χ0) is 24.4. The molecule has 5 rings (SSSR count). The van der Waals surface area contributed by atoms with E-state index >= 15 is 0 Å². The van der Waals surface area contributed by atoms with Crippen molar-refractivity contribution in [2.75, 3.05) is 0 Å². The van der Waals surface area contributed by atoms with Crippen molar-refractivity contribution in [2.24, 2.45) is 0 Å². The summed E-state index contributed by atoms with van der Waals surface area (Å²) >= 11 is 6.05. The van der Waals surface area contributed by atoms with Gasteiger partial charge in [-0.1, -0.05) is 48.0 Å². The van der Waals surface area contributed by atoms with Crippen LogP contribution < -0.4 is 4.74 Å². The number of carboxylic acid groups (broad SMARTS) is 1. The maximum Gasteiger partial charge on any atom is 0.312 e. The van der Waals surface area contributed by atoms with E-state index in [0.29, 0.717) is 23.1 Å². The van der Waals surface area contributed by atoms with Gasteiger partial charge in [-0.05, 0) is 61.5 Å². The average molecular weight is 484 g/mol. The fourth-order valence-electron chi connectivity index (χ4n) is 3.79. The SMILES string of the molecule is CC(C(=O)O)c1cc(-c2ccc(Cl)cc2)n(-c2ccc(OCc3ccc4ccccc4n3)cc2)n1. The number of hydrogen-bond acceptors (Lipinski definition) is 4. The van der Waals surface area contributed by atoms with Crippen LogP contribution in [0, 0.1) is 0 Å². The van der Waals surface area contributed by atoms with Crippen LogP contribution in [0.15, 0.2) is 91.0 Å². The summed E-state index contributed by atoms with van der Waals surface area (Å²) in [5.74, 6) is -0.967. The van der Waals surface area contributed by atoms with E-state index in [1.165, 1.54) is 0 Å². The molecule has 0 saturated carbocycles. The summed E-state index contributed by atoms with van der Waals surface area (Å²) in [7, 11) is 0. The van der Waals surface area contributed by atoms with E-state index in [4.69, 9.17) is 16.3 Å². The van der Waals surface area contributed by atoms with E-state index in [-0.39, 0.29) is 0 Å². The van der Waals surface area contributed by atoms with Crippen LogP contribution >= 0.6 is 11.6 Å². The van der Waals surface area contributed by atoms with E-state index < -0.39 is 11.9 Å². The van der Waals surface area contributed by atoms with Crippen molar-refractivity contribution in [1.29, 1.82) is 0 Å². The van der Waals surface area contributed by atoms with Crippen molar-refractivity contribution in [3.05, 3.63) is 107 Å². The lowest BCUT2D eigenvalue weighted by molar-refractivity contribution is -0.138. The van der Waals surface area contributed by atoms with Crippen LogP contribution in [0.5, 0.6) is 5.75 Å². The molecule has 7 heteroatoms. The predicted octanol–water partition coefficient (Wildman–Crippen LogP) is 6.51. The van der Waals surface area contributed by atoms with Crippen molar-refractivity contribution in [3.63, 3.8) is 0 Å². The molecule has 0 radical (unpaired) electrons. The molecule has 1 unspecified atom stereocenters. The zero-order valence-electron chi connectivity index (χ0n) is 18.9. The molecule has 174 valence electrons. The molecule has 2 heterocycles. The number of carbonyl (C=O) groups is 1. The molecular weight excluding hydrogens is 462 g/mol. The maximum absolute atomic E-state index is 11.6. The molecule has 1 atom stereocenters. The van der Waals surface area contributed by atoms with Crippen molar-refractivity contribution >= 4 is 28.5 Å². The molecule has 0 aliphatic heterocycles. The lowest BCUT2D eigenvalue weighted by atomic mass is 10.1. The average Bonchev–Trinajstić information content (AvgIpc) is 3.33. The van der Waals surface area contributed by atoms with Crippen LogP contribution in [0.2, 0.25) is 5.02 Å². The summed E-state index contributed by atoms with van der Waals surface area (Å²) in [4.78, 5) is 16.2. The minimum absolute atomic E-state index is 0.349. The molecular formula is C28H22ClN3O3. The molecule has 1 N–H and O–H groups in total. The zero-order valence-corrected chi connectivity index (χ0v) is 19.7. The highest BCUT2D eigenvalue weighted by molar-refractivity contribution is 6.30. The third-order valence-electron chi connectivity index (χ3n) is 5.81. The number of halogens is 1. The fraction of sp³-hybridized carbons (Fsp3) is 0.107. The van der Waals surface area contributed by atoms with Gasteiger partial charge in [-0.25, -0.2) is 9.67 Å². The molecule has 5 aromatic rings. The fourth-order valence-corrected chi connectivity index (χ4v) is 3.92. The van der Waals surface area contributed by atoms with Gasteiger partial charge in [-0.2, -0.15) is 5.10 Å². The number of nitrogens with zero attached hydrogens (tertiary/aromatic N) is 3. The topological polar surface area (TPSA) is 77.2 Å². The Kier molecular flexibility index (Phi) is 6.21. The molecule has 0 fully saturated rings. The van der Waals surface area contributed by atoms with Gasteiger partial charge < -0.3 is 9.84 Å². The summed E-state index contributed by atoms with van der Waals surface area (Å²) in [6, 6.07) is 28.7. The molecule has 35 heavy (non-hydrogen) atoms. The van der Waals surface area contributed by atoms with Crippen LogP contribution in [0.25, 0.3) is 27.8 Å². The maximum atomic E-state index is 11.6. The number of para-hydroxylation sites is 1. The Morgan fingerprint density at radius 1 is 1.00 bits per heavy atom. The number of hydrogen-bond donors (Lipinski definition) is 1. The van der Waals surface area contributed by atoms with Crippen LogP contribution in [0.3, 0.4) is 0 Å². The molecule has 0 aliphatic rings. The van der Waals surface area contributed by atoms with Gasteiger partial charge in [-0.15, -0.1) is 0 Å². The van der Waals surface area contributed by atoms with Crippen LogP contribution in [-0.4, -0.2) is 25.8 Å². The summed E-state index contributed by atoms with van der Waals surface area (Å²) in [6.45, 7) is 1.97. The molecule has 0 spiro atoms. The quantitative estimate of drug-likeness (QED) is 0.285. The Hall–Kier alpha value is -4.16. The number of ether oxygens (including phenoxy) is 1. The van der Waals surface area contributed by atoms with Gasteiger partial charge in [0.15, 0.2) is 0 Å². The number of rotatable bonds is 7. The summed E-state index contributed by atoms with van der Waals surface area (Å²) in [5.41, 5.74) is 4.70. The van der Waals surface area contributed by atoms with Crippen molar-refractivity contribution < 1.29 is 14.6 Å². The van der Waals surface area contributed by atoms with Crippen molar-refractivity contribution in [3.8, 4) is 22.7 Å². The van der Waals surface area contributed by atoms with Gasteiger partial charge in [-0.3, -0.25) is 4.79 Å². The Balaban J connectivity index is 1.40. The first-order valence-electron chi connectivity index (χ1n) is 11.1. The van der Waals surface area contributed by atoms with Gasteiger partial charge in [0.25, 0.3) is 0 Å². The summed E-state index contributed by atoms with van der Waals surface area (Å²) in [5, 5.41) is 15.8.